The molecule has 0 aliphatic carbocycles. The summed E-state index contributed by atoms with van der Waals surface area (Å²) in [7, 11) is 2.03. The minimum Gasteiger partial charge on any atom is -0.385 e. The maximum absolute atomic E-state index is 13.3. The van der Waals surface area contributed by atoms with Crippen molar-refractivity contribution in [3.8, 4) is 0 Å². The van der Waals surface area contributed by atoms with Crippen molar-refractivity contribution in [3.63, 3.8) is 0 Å². The maximum Gasteiger partial charge on any atom is 0.125 e. The Bertz CT molecular complexity index is 597. The van der Waals surface area contributed by atoms with Gasteiger partial charge in [0.1, 0.15) is 5.82 Å². The van der Waals surface area contributed by atoms with E-state index in [0.717, 1.165) is 25.2 Å². The molecule has 1 heterocycles. The molecule has 0 amide bonds. The summed E-state index contributed by atoms with van der Waals surface area (Å²) < 4.78 is 13.3. The third-order valence-corrected chi connectivity index (χ3v) is 3.95. The largest absolute Gasteiger partial charge is 0.385 e. The second-order valence-corrected chi connectivity index (χ2v) is 5.36. The van der Waals surface area contributed by atoms with Gasteiger partial charge in [-0.05, 0) is 36.2 Å². The molecule has 2 aromatic rings. The summed E-state index contributed by atoms with van der Waals surface area (Å²) in [5.41, 5.74) is 3.53. The second kappa shape index (κ2) is 5.53. The summed E-state index contributed by atoms with van der Waals surface area (Å²) in [5, 5.41) is 3.44. The van der Waals surface area contributed by atoms with Crippen molar-refractivity contribution in [2.45, 2.75) is 12.3 Å². The number of hydrogen-bond acceptors (Lipinski definition) is 2. The van der Waals surface area contributed by atoms with Gasteiger partial charge in [-0.15, -0.1) is 0 Å². The first-order valence-electron chi connectivity index (χ1n) is 7.03. The van der Waals surface area contributed by atoms with Crippen molar-refractivity contribution < 1.29 is 4.39 Å². The van der Waals surface area contributed by atoms with Gasteiger partial charge in [0, 0.05) is 37.4 Å². The highest BCUT2D eigenvalue weighted by Gasteiger charge is 2.21. The molecule has 1 N–H and O–H groups in total. The first-order chi connectivity index (χ1) is 9.74. The number of anilines is 2. The number of halogens is 1. The zero-order valence-corrected chi connectivity index (χ0v) is 11.6. The van der Waals surface area contributed by atoms with Crippen LogP contribution in [-0.2, 0) is 0 Å². The van der Waals surface area contributed by atoms with Crippen LogP contribution in [0.1, 0.15) is 17.9 Å². The molecule has 0 aromatic heterocycles. The topological polar surface area (TPSA) is 15.3 Å². The number of nitrogens with zero attached hydrogens (tertiary/aromatic N) is 1. The van der Waals surface area contributed by atoms with E-state index in [4.69, 9.17) is 0 Å². The molecule has 104 valence electrons. The second-order valence-electron chi connectivity index (χ2n) is 5.36. The normalized spacial score (nSPS) is 17.2. The smallest absolute Gasteiger partial charge is 0.125 e. The minimum absolute atomic E-state index is 0.180. The fourth-order valence-corrected chi connectivity index (χ4v) is 2.89. The molecule has 2 nitrogen and oxygen atoms in total. The van der Waals surface area contributed by atoms with Gasteiger partial charge in [-0.25, -0.2) is 4.39 Å². The summed E-state index contributed by atoms with van der Waals surface area (Å²) in [5.74, 6) is 0.306. The Balaban J connectivity index is 1.79. The van der Waals surface area contributed by atoms with Gasteiger partial charge in [-0.3, -0.25) is 0 Å². The standard InChI is InChI=1S/C17H19FN2/c1-20(15-6-4-5-14(18)11-15)12-13-9-10-19-17-8-3-2-7-16(13)17/h2-8,11,13,19H,9-10,12H2,1H3. The fraction of sp³-hybridized carbons (Fsp3) is 0.294. The van der Waals surface area contributed by atoms with E-state index in [2.05, 4.69) is 34.5 Å². The predicted octanol–water partition coefficient (Wildman–Crippen LogP) is 3.86. The Morgan fingerprint density at radius 2 is 2.05 bits per heavy atom. The van der Waals surface area contributed by atoms with Crippen molar-refractivity contribution in [2.75, 3.05) is 30.4 Å². The van der Waals surface area contributed by atoms with Gasteiger partial charge in [0.2, 0.25) is 0 Å². The molecule has 2 aromatic carbocycles. The van der Waals surface area contributed by atoms with Crippen LogP contribution in [0, 0.1) is 5.82 Å². The van der Waals surface area contributed by atoms with Crippen molar-refractivity contribution in [1.29, 1.82) is 0 Å². The predicted molar refractivity (Wildman–Crippen MR) is 82.0 cm³/mol. The molecule has 0 saturated carbocycles. The van der Waals surface area contributed by atoms with Crippen LogP contribution in [0.5, 0.6) is 0 Å². The van der Waals surface area contributed by atoms with Gasteiger partial charge in [-0.1, -0.05) is 24.3 Å². The molecule has 0 spiro atoms. The Hall–Kier alpha value is -2.03. The van der Waals surface area contributed by atoms with Crippen LogP contribution in [0.3, 0.4) is 0 Å². The van der Waals surface area contributed by atoms with E-state index < -0.39 is 0 Å². The summed E-state index contributed by atoms with van der Waals surface area (Å²) in [6.45, 7) is 1.90. The Morgan fingerprint density at radius 3 is 2.90 bits per heavy atom. The molecule has 3 heteroatoms. The Kier molecular flexibility index (Phi) is 3.59. The lowest BCUT2D eigenvalue weighted by Crippen LogP contribution is -2.28. The summed E-state index contributed by atoms with van der Waals surface area (Å²) in [6, 6.07) is 15.2. The molecule has 0 bridgehead atoms. The highest BCUT2D eigenvalue weighted by molar-refractivity contribution is 5.56. The molecule has 0 fully saturated rings. The number of para-hydroxylation sites is 1. The number of fused-ring (bicyclic) bond motifs is 1. The van der Waals surface area contributed by atoms with E-state index in [0.29, 0.717) is 5.92 Å². The fourth-order valence-electron chi connectivity index (χ4n) is 2.89. The lowest BCUT2D eigenvalue weighted by atomic mass is 9.90. The summed E-state index contributed by atoms with van der Waals surface area (Å²) in [6.07, 6.45) is 1.11. The van der Waals surface area contributed by atoms with E-state index in [1.807, 2.05) is 13.1 Å². The Morgan fingerprint density at radius 1 is 1.20 bits per heavy atom. The molecule has 1 atom stereocenters. The van der Waals surface area contributed by atoms with Gasteiger partial charge >= 0.3 is 0 Å². The van der Waals surface area contributed by atoms with Crippen LogP contribution in [-0.4, -0.2) is 20.1 Å². The number of benzene rings is 2. The lowest BCUT2D eigenvalue weighted by molar-refractivity contribution is 0.612. The Labute approximate surface area is 119 Å². The SMILES string of the molecule is CN(CC1CCNc2ccccc21)c1cccc(F)c1. The third kappa shape index (κ3) is 2.62. The minimum atomic E-state index is -0.180. The molecular formula is C17H19FN2. The van der Waals surface area contributed by atoms with Gasteiger partial charge in [0.05, 0.1) is 0 Å². The molecule has 1 unspecified atom stereocenters. The van der Waals surface area contributed by atoms with E-state index in [1.165, 1.54) is 17.3 Å². The van der Waals surface area contributed by atoms with Crippen LogP contribution < -0.4 is 10.2 Å². The van der Waals surface area contributed by atoms with E-state index in [-0.39, 0.29) is 5.82 Å². The lowest BCUT2D eigenvalue weighted by Gasteiger charge is -2.31. The van der Waals surface area contributed by atoms with Crippen LogP contribution in [0.25, 0.3) is 0 Å². The van der Waals surface area contributed by atoms with Crippen LogP contribution in [0.2, 0.25) is 0 Å². The van der Waals surface area contributed by atoms with E-state index in [9.17, 15) is 4.39 Å². The highest BCUT2D eigenvalue weighted by Crippen LogP contribution is 2.32. The number of rotatable bonds is 3. The van der Waals surface area contributed by atoms with Crippen LogP contribution in [0.4, 0.5) is 15.8 Å². The molecule has 1 aliphatic rings. The molecule has 0 saturated heterocycles. The average molecular weight is 270 g/mol. The first kappa shape index (κ1) is 13.0. The van der Waals surface area contributed by atoms with Crippen molar-refractivity contribution in [1.82, 2.24) is 0 Å². The molecule has 20 heavy (non-hydrogen) atoms. The summed E-state index contributed by atoms with van der Waals surface area (Å²) >= 11 is 0. The zero-order chi connectivity index (χ0) is 13.9. The van der Waals surface area contributed by atoms with Crippen molar-refractivity contribution in [3.05, 3.63) is 59.9 Å². The average Bonchev–Trinajstić information content (AvgIpc) is 2.47. The molecule has 3 rings (SSSR count). The van der Waals surface area contributed by atoms with Gasteiger partial charge in [-0.2, -0.15) is 0 Å². The highest BCUT2D eigenvalue weighted by atomic mass is 19.1. The molecular weight excluding hydrogens is 251 g/mol. The number of likely N-dealkylation sites (N-methyl/N-ethyl adjacent to an activating group) is 1. The number of hydrogen-bond donors (Lipinski definition) is 1. The molecule has 1 aliphatic heterocycles. The van der Waals surface area contributed by atoms with Gasteiger partial charge in [0.25, 0.3) is 0 Å². The van der Waals surface area contributed by atoms with E-state index >= 15 is 0 Å². The molecule has 0 radical (unpaired) electrons. The summed E-state index contributed by atoms with van der Waals surface area (Å²) in [4.78, 5) is 2.13. The van der Waals surface area contributed by atoms with E-state index in [1.54, 1.807) is 12.1 Å². The van der Waals surface area contributed by atoms with Crippen molar-refractivity contribution >= 4 is 11.4 Å². The van der Waals surface area contributed by atoms with Gasteiger partial charge < -0.3 is 10.2 Å². The monoisotopic (exact) mass is 270 g/mol. The van der Waals surface area contributed by atoms with Crippen LogP contribution in [0.15, 0.2) is 48.5 Å². The van der Waals surface area contributed by atoms with Crippen LogP contribution >= 0.6 is 0 Å². The van der Waals surface area contributed by atoms with Gasteiger partial charge in [0.15, 0.2) is 0 Å². The number of nitrogens with one attached hydrogen (secondary N) is 1. The third-order valence-electron chi connectivity index (χ3n) is 3.95. The van der Waals surface area contributed by atoms with Crippen molar-refractivity contribution in [2.24, 2.45) is 0 Å². The maximum atomic E-state index is 13.3. The zero-order valence-electron chi connectivity index (χ0n) is 11.6. The quantitative estimate of drug-likeness (QED) is 0.911. The first-order valence-corrected chi connectivity index (χ1v) is 7.03.